The Morgan fingerprint density at radius 2 is 2.05 bits per heavy atom. The Kier molecular flexibility index (Phi) is 4.08. The minimum atomic E-state index is -3.39. The monoisotopic (exact) mass is 308 g/mol. The zero-order valence-corrected chi connectivity index (χ0v) is 13.4. The third-order valence-corrected chi connectivity index (χ3v) is 6.12. The average Bonchev–Trinajstić information content (AvgIpc) is 3.39. The van der Waals surface area contributed by atoms with E-state index < -0.39 is 10.0 Å². The van der Waals surface area contributed by atoms with E-state index in [1.54, 1.807) is 12.1 Å². The molecule has 0 amide bonds. The Hall–Kier alpha value is -0.910. The smallest absolute Gasteiger partial charge is 0.240 e. The summed E-state index contributed by atoms with van der Waals surface area (Å²) in [6.07, 6.45) is 5.78. The van der Waals surface area contributed by atoms with Crippen molar-refractivity contribution in [2.45, 2.75) is 56.5 Å². The first-order valence-electron chi connectivity index (χ1n) is 7.85. The van der Waals surface area contributed by atoms with Crippen LogP contribution in [0.15, 0.2) is 29.2 Å². The lowest BCUT2D eigenvalue weighted by molar-refractivity contribution is 0.475. The van der Waals surface area contributed by atoms with Crippen LogP contribution in [0.3, 0.4) is 0 Å². The van der Waals surface area contributed by atoms with E-state index >= 15 is 0 Å². The van der Waals surface area contributed by atoms with Crippen molar-refractivity contribution < 1.29 is 8.42 Å². The van der Waals surface area contributed by atoms with Crippen LogP contribution in [-0.4, -0.2) is 21.0 Å². The molecule has 0 saturated heterocycles. The first-order chi connectivity index (χ1) is 10.0. The maximum atomic E-state index is 12.4. The Morgan fingerprint density at radius 3 is 2.67 bits per heavy atom. The lowest BCUT2D eigenvalue weighted by Crippen LogP contribution is -2.30. The molecule has 3 rings (SSSR count). The highest BCUT2D eigenvalue weighted by Crippen LogP contribution is 2.48. The third-order valence-electron chi connectivity index (χ3n) is 4.73. The largest absolute Gasteiger partial charge is 0.310 e. The second-order valence-corrected chi connectivity index (χ2v) is 8.25. The fourth-order valence-electron chi connectivity index (χ4n) is 2.54. The average molecular weight is 308 g/mol. The van der Waals surface area contributed by atoms with E-state index in [9.17, 15) is 8.42 Å². The van der Waals surface area contributed by atoms with Crippen LogP contribution in [0.25, 0.3) is 0 Å². The van der Waals surface area contributed by atoms with E-state index in [-0.39, 0.29) is 5.41 Å². The summed E-state index contributed by atoms with van der Waals surface area (Å²) in [4.78, 5) is 0.379. The van der Waals surface area contributed by atoms with Crippen LogP contribution in [0.2, 0.25) is 0 Å². The fraction of sp³-hybridized carbons (Fsp3) is 0.625. The van der Waals surface area contributed by atoms with Crippen LogP contribution in [0.1, 0.15) is 44.6 Å². The molecule has 116 valence electrons. The maximum Gasteiger partial charge on any atom is 0.240 e. The number of sulfonamides is 1. The summed E-state index contributed by atoms with van der Waals surface area (Å²) in [5, 5.41) is 3.41. The number of benzene rings is 1. The Balaban J connectivity index is 1.64. The highest BCUT2D eigenvalue weighted by molar-refractivity contribution is 7.89. The van der Waals surface area contributed by atoms with Gasteiger partial charge >= 0.3 is 0 Å². The molecule has 2 aliphatic rings. The van der Waals surface area contributed by atoms with Crippen molar-refractivity contribution in [3.8, 4) is 0 Å². The molecule has 0 atom stereocenters. The molecular weight excluding hydrogens is 284 g/mol. The van der Waals surface area contributed by atoms with Crippen molar-refractivity contribution in [1.82, 2.24) is 10.0 Å². The van der Waals surface area contributed by atoms with E-state index in [0.29, 0.717) is 17.5 Å². The molecule has 1 aromatic rings. The van der Waals surface area contributed by atoms with Crippen molar-refractivity contribution in [3.05, 3.63) is 29.8 Å². The third kappa shape index (κ3) is 3.84. The number of hydrogen-bond acceptors (Lipinski definition) is 3. The highest BCUT2D eigenvalue weighted by Gasteiger charge is 2.41. The molecule has 2 N–H and O–H groups in total. The van der Waals surface area contributed by atoms with Crippen LogP contribution >= 0.6 is 0 Å². The van der Waals surface area contributed by atoms with Gasteiger partial charge in [0.05, 0.1) is 4.90 Å². The molecular formula is C16H24N2O2S. The van der Waals surface area contributed by atoms with Crippen LogP contribution in [0.5, 0.6) is 0 Å². The van der Waals surface area contributed by atoms with Gasteiger partial charge in [-0.2, -0.15) is 0 Å². The normalized spacial score (nSPS) is 20.4. The van der Waals surface area contributed by atoms with Crippen molar-refractivity contribution in [1.29, 1.82) is 0 Å². The molecule has 0 spiro atoms. The van der Waals surface area contributed by atoms with Crippen molar-refractivity contribution in [3.63, 3.8) is 0 Å². The summed E-state index contributed by atoms with van der Waals surface area (Å²) in [5.41, 5.74) is 1.25. The Morgan fingerprint density at radius 1 is 1.29 bits per heavy atom. The summed E-state index contributed by atoms with van der Waals surface area (Å²) in [6, 6.07) is 7.88. The molecule has 5 heteroatoms. The van der Waals surface area contributed by atoms with Crippen LogP contribution in [-0.2, 0) is 16.6 Å². The van der Waals surface area contributed by atoms with Gasteiger partial charge in [-0.1, -0.05) is 19.1 Å². The lowest BCUT2D eigenvalue weighted by atomic mass is 10.1. The zero-order valence-electron chi connectivity index (χ0n) is 12.6. The van der Waals surface area contributed by atoms with Gasteiger partial charge in [0.2, 0.25) is 10.0 Å². The maximum absolute atomic E-state index is 12.4. The molecule has 2 saturated carbocycles. The number of rotatable bonds is 8. The quantitative estimate of drug-likeness (QED) is 0.775. The van der Waals surface area contributed by atoms with Gasteiger partial charge in [-0.05, 0) is 55.2 Å². The standard InChI is InChI=1S/C16H24N2O2S/c1-2-16(8-9-16)12-18-21(19,20)15-5-3-4-13(10-15)11-17-14-6-7-14/h3-5,10,14,17-18H,2,6-9,11-12H2,1H3. The van der Waals surface area contributed by atoms with Crippen LogP contribution < -0.4 is 10.0 Å². The van der Waals surface area contributed by atoms with Gasteiger partial charge in [-0.15, -0.1) is 0 Å². The summed E-state index contributed by atoms with van der Waals surface area (Å²) < 4.78 is 27.6. The molecule has 0 bridgehead atoms. The Bertz CT molecular complexity index is 604. The van der Waals surface area contributed by atoms with Crippen molar-refractivity contribution in [2.24, 2.45) is 5.41 Å². The molecule has 0 aromatic heterocycles. The first kappa shape index (κ1) is 15.0. The van der Waals surface area contributed by atoms with Gasteiger partial charge in [-0.3, -0.25) is 0 Å². The minimum absolute atomic E-state index is 0.220. The van der Waals surface area contributed by atoms with Crippen molar-refractivity contribution >= 4 is 10.0 Å². The molecule has 1 aromatic carbocycles. The number of nitrogens with one attached hydrogen (secondary N) is 2. The SMILES string of the molecule is CCC1(CNS(=O)(=O)c2cccc(CNC3CC3)c2)CC1. The van der Waals surface area contributed by atoms with E-state index in [2.05, 4.69) is 17.0 Å². The lowest BCUT2D eigenvalue weighted by Gasteiger charge is -2.14. The number of hydrogen-bond donors (Lipinski definition) is 2. The molecule has 0 aliphatic heterocycles. The van der Waals surface area contributed by atoms with Gasteiger partial charge in [-0.25, -0.2) is 13.1 Å². The highest BCUT2D eigenvalue weighted by atomic mass is 32.2. The van der Waals surface area contributed by atoms with E-state index in [1.165, 1.54) is 12.8 Å². The molecule has 0 heterocycles. The van der Waals surface area contributed by atoms with Crippen molar-refractivity contribution in [2.75, 3.05) is 6.54 Å². The predicted octanol–water partition coefficient (Wildman–Crippen LogP) is 2.41. The van der Waals surface area contributed by atoms with Crippen LogP contribution in [0.4, 0.5) is 0 Å². The first-order valence-corrected chi connectivity index (χ1v) is 9.33. The van der Waals surface area contributed by atoms with Gasteiger partial charge in [0, 0.05) is 19.1 Å². The molecule has 0 radical (unpaired) electrons. The second kappa shape index (κ2) is 5.71. The fourth-order valence-corrected chi connectivity index (χ4v) is 3.76. The summed E-state index contributed by atoms with van der Waals surface area (Å²) in [7, 11) is -3.39. The molecule has 2 fully saturated rings. The summed E-state index contributed by atoms with van der Waals surface area (Å²) in [5.74, 6) is 0. The predicted molar refractivity (Wildman–Crippen MR) is 83.5 cm³/mol. The molecule has 4 nitrogen and oxygen atoms in total. The molecule has 21 heavy (non-hydrogen) atoms. The van der Waals surface area contributed by atoms with E-state index in [1.807, 2.05) is 12.1 Å². The van der Waals surface area contributed by atoms with E-state index in [0.717, 1.165) is 31.4 Å². The van der Waals surface area contributed by atoms with Gasteiger partial charge in [0.1, 0.15) is 0 Å². The summed E-state index contributed by atoms with van der Waals surface area (Å²) >= 11 is 0. The van der Waals surface area contributed by atoms with Gasteiger partial charge in [0.15, 0.2) is 0 Å². The molecule has 2 aliphatic carbocycles. The van der Waals surface area contributed by atoms with Crippen LogP contribution in [0, 0.1) is 5.41 Å². The van der Waals surface area contributed by atoms with E-state index in [4.69, 9.17) is 0 Å². The Labute approximate surface area is 127 Å². The zero-order chi connectivity index (χ0) is 14.9. The summed E-state index contributed by atoms with van der Waals surface area (Å²) in [6.45, 7) is 3.44. The second-order valence-electron chi connectivity index (χ2n) is 6.48. The minimum Gasteiger partial charge on any atom is -0.310 e. The topological polar surface area (TPSA) is 58.2 Å². The molecule has 0 unspecified atom stereocenters. The van der Waals surface area contributed by atoms with Gasteiger partial charge in [0.25, 0.3) is 0 Å². The van der Waals surface area contributed by atoms with Gasteiger partial charge < -0.3 is 5.32 Å².